The average Bonchev–Trinajstić information content (AvgIpc) is 3.00. The number of methoxy groups -OCH3 is 1. The fourth-order valence-electron chi connectivity index (χ4n) is 3.24. The number of halogens is 1. The molecule has 0 radical (unpaired) electrons. The molecule has 3 rings (SSSR count). The van der Waals surface area contributed by atoms with Crippen LogP contribution in [0.25, 0.3) is 11.2 Å². The van der Waals surface area contributed by atoms with Crippen molar-refractivity contribution in [1.29, 1.82) is 0 Å². The maximum Gasteiger partial charge on any atom is 0.320 e. The van der Waals surface area contributed by atoms with Crippen LogP contribution in [-0.4, -0.2) is 45.7 Å². The molecule has 0 unspecified atom stereocenters. The van der Waals surface area contributed by atoms with Crippen molar-refractivity contribution >= 4 is 28.6 Å². The number of alkyl halides is 1. The monoisotopic (exact) mass is 367 g/mol. The van der Waals surface area contributed by atoms with Crippen molar-refractivity contribution in [3.05, 3.63) is 0 Å². The van der Waals surface area contributed by atoms with Crippen LogP contribution >= 0.6 is 11.6 Å². The predicted octanol–water partition coefficient (Wildman–Crippen LogP) is 3.61. The van der Waals surface area contributed by atoms with E-state index >= 15 is 0 Å². The summed E-state index contributed by atoms with van der Waals surface area (Å²) in [5.41, 5.74) is 1.43. The second-order valence-electron chi connectivity index (χ2n) is 6.30. The molecule has 0 amide bonds. The van der Waals surface area contributed by atoms with Crippen LogP contribution in [0.15, 0.2) is 0 Å². The van der Waals surface area contributed by atoms with Gasteiger partial charge in [-0.1, -0.05) is 6.42 Å². The second-order valence-corrected chi connectivity index (χ2v) is 6.68. The van der Waals surface area contributed by atoms with Crippen molar-refractivity contribution in [3.63, 3.8) is 0 Å². The number of fused-ring (bicyclic) bond motifs is 1. The van der Waals surface area contributed by atoms with Gasteiger partial charge in [-0.05, 0) is 38.5 Å². The smallest absolute Gasteiger partial charge is 0.320 e. The standard InChI is InChI=1S/C17H26ClN5O2/c1-19-14-13-15(23(11-7-6-10-18)17(20-13)24-2)22-16(21-14)25-12-8-4-3-5-9-12/h12H,3-11H2,1-2H3,(H,19,21,22). The molecule has 2 aromatic heterocycles. The molecule has 1 N–H and O–H groups in total. The van der Waals surface area contributed by atoms with Gasteiger partial charge in [0.1, 0.15) is 6.10 Å². The summed E-state index contributed by atoms with van der Waals surface area (Å²) >= 11 is 5.80. The van der Waals surface area contributed by atoms with Gasteiger partial charge in [-0.15, -0.1) is 11.6 Å². The highest BCUT2D eigenvalue weighted by molar-refractivity contribution is 6.17. The Hall–Kier alpha value is -1.76. The van der Waals surface area contributed by atoms with E-state index in [4.69, 9.17) is 21.1 Å². The number of unbranched alkanes of at least 4 members (excludes halogenated alkanes) is 1. The Morgan fingerprint density at radius 2 is 1.96 bits per heavy atom. The van der Waals surface area contributed by atoms with E-state index in [1.807, 2.05) is 11.6 Å². The van der Waals surface area contributed by atoms with E-state index in [9.17, 15) is 0 Å². The summed E-state index contributed by atoms with van der Waals surface area (Å²) in [7, 11) is 3.44. The van der Waals surface area contributed by atoms with Crippen LogP contribution in [0.5, 0.6) is 12.0 Å². The lowest BCUT2D eigenvalue weighted by Crippen LogP contribution is -2.21. The van der Waals surface area contributed by atoms with Crippen LogP contribution in [0.4, 0.5) is 5.82 Å². The zero-order valence-corrected chi connectivity index (χ0v) is 15.7. The molecule has 1 fully saturated rings. The largest absolute Gasteiger partial charge is 0.468 e. The molecule has 8 heteroatoms. The van der Waals surface area contributed by atoms with Gasteiger partial charge >= 0.3 is 6.01 Å². The summed E-state index contributed by atoms with van der Waals surface area (Å²) < 4.78 is 13.5. The lowest BCUT2D eigenvalue weighted by molar-refractivity contribution is 0.142. The summed E-state index contributed by atoms with van der Waals surface area (Å²) in [5.74, 6) is 1.30. The lowest BCUT2D eigenvalue weighted by Gasteiger charge is -2.21. The van der Waals surface area contributed by atoms with Crippen LogP contribution in [0.3, 0.4) is 0 Å². The molecule has 0 atom stereocenters. The first-order valence-electron chi connectivity index (χ1n) is 8.99. The second kappa shape index (κ2) is 8.56. The highest BCUT2D eigenvalue weighted by atomic mass is 35.5. The van der Waals surface area contributed by atoms with Gasteiger partial charge in [0.05, 0.1) is 7.11 Å². The van der Waals surface area contributed by atoms with Crippen LogP contribution in [0.2, 0.25) is 0 Å². The number of hydrogen-bond acceptors (Lipinski definition) is 6. The van der Waals surface area contributed by atoms with E-state index in [2.05, 4.69) is 20.3 Å². The Morgan fingerprint density at radius 3 is 2.64 bits per heavy atom. The number of ether oxygens (including phenoxy) is 2. The minimum absolute atomic E-state index is 0.199. The Kier molecular flexibility index (Phi) is 6.18. The van der Waals surface area contributed by atoms with Crippen LogP contribution in [-0.2, 0) is 6.54 Å². The van der Waals surface area contributed by atoms with E-state index in [-0.39, 0.29) is 6.10 Å². The molecular weight excluding hydrogens is 342 g/mol. The van der Waals surface area contributed by atoms with E-state index in [0.29, 0.717) is 29.2 Å². The minimum atomic E-state index is 0.199. The van der Waals surface area contributed by atoms with Gasteiger partial charge in [0.15, 0.2) is 17.0 Å². The van der Waals surface area contributed by atoms with E-state index in [1.54, 1.807) is 7.11 Å². The number of nitrogens with one attached hydrogen (secondary N) is 1. The van der Waals surface area contributed by atoms with Crippen molar-refractivity contribution in [2.24, 2.45) is 0 Å². The molecule has 138 valence electrons. The molecule has 1 saturated carbocycles. The lowest BCUT2D eigenvalue weighted by atomic mass is 9.98. The first kappa shape index (κ1) is 18.0. The third-order valence-corrected chi connectivity index (χ3v) is 4.82. The van der Waals surface area contributed by atoms with Crippen LogP contribution in [0.1, 0.15) is 44.9 Å². The summed E-state index contributed by atoms with van der Waals surface area (Å²) in [6, 6.07) is 0.940. The Labute approximate surface area is 153 Å². The molecule has 1 aliphatic rings. The van der Waals surface area contributed by atoms with Gasteiger partial charge in [0.25, 0.3) is 6.01 Å². The highest BCUT2D eigenvalue weighted by Gasteiger charge is 2.21. The van der Waals surface area contributed by atoms with Crippen LogP contribution in [0, 0.1) is 0 Å². The van der Waals surface area contributed by atoms with Gasteiger partial charge in [-0.3, -0.25) is 4.57 Å². The van der Waals surface area contributed by atoms with Crippen molar-refractivity contribution < 1.29 is 9.47 Å². The topological polar surface area (TPSA) is 74.1 Å². The third-order valence-electron chi connectivity index (χ3n) is 4.55. The van der Waals surface area contributed by atoms with Gasteiger partial charge in [-0.2, -0.15) is 15.0 Å². The van der Waals surface area contributed by atoms with Crippen molar-refractivity contribution in [2.45, 2.75) is 57.6 Å². The fourth-order valence-corrected chi connectivity index (χ4v) is 3.43. The van der Waals surface area contributed by atoms with Crippen LogP contribution < -0.4 is 14.8 Å². The number of imidazole rings is 1. The Bertz CT molecular complexity index is 700. The SMILES string of the molecule is CNc1nc(OC2CCCCC2)nc2c1nc(OC)n2CCCCCl. The van der Waals surface area contributed by atoms with Crippen molar-refractivity contribution in [1.82, 2.24) is 19.5 Å². The zero-order valence-electron chi connectivity index (χ0n) is 14.9. The molecule has 2 aromatic rings. The molecule has 0 aliphatic heterocycles. The van der Waals surface area contributed by atoms with Gasteiger partial charge in [-0.25, -0.2) is 0 Å². The quantitative estimate of drug-likeness (QED) is 0.567. The van der Waals surface area contributed by atoms with E-state index < -0.39 is 0 Å². The third kappa shape index (κ3) is 4.08. The molecule has 0 bridgehead atoms. The first-order chi connectivity index (χ1) is 12.3. The van der Waals surface area contributed by atoms with Crippen molar-refractivity contribution in [3.8, 4) is 12.0 Å². The number of rotatable bonds is 8. The zero-order chi connectivity index (χ0) is 17.6. The molecule has 25 heavy (non-hydrogen) atoms. The van der Waals surface area contributed by atoms with Crippen molar-refractivity contribution in [2.75, 3.05) is 25.4 Å². The Morgan fingerprint density at radius 1 is 1.16 bits per heavy atom. The van der Waals surface area contributed by atoms with E-state index in [0.717, 1.165) is 37.9 Å². The maximum absolute atomic E-state index is 6.06. The molecule has 7 nitrogen and oxygen atoms in total. The fraction of sp³-hybridized carbons (Fsp3) is 0.706. The first-order valence-corrected chi connectivity index (χ1v) is 9.53. The van der Waals surface area contributed by atoms with Gasteiger partial charge in [0, 0.05) is 19.5 Å². The Balaban J connectivity index is 1.94. The summed E-state index contributed by atoms with van der Waals surface area (Å²) in [6.45, 7) is 0.745. The summed E-state index contributed by atoms with van der Waals surface area (Å²) in [6.07, 6.45) is 7.88. The highest BCUT2D eigenvalue weighted by Crippen LogP contribution is 2.29. The molecular formula is C17H26ClN5O2. The van der Waals surface area contributed by atoms with Gasteiger partial charge < -0.3 is 14.8 Å². The normalized spacial score (nSPS) is 15.5. The minimum Gasteiger partial charge on any atom is -0.468 e. The molecule has 1 aliphatic carbocycles. The molecule has 0 saturated heterocycles. The molecule has 0 aromatic carbocycles. The summed E-state index contributed by atoms with van der Waals surface area (Å²) in [4.78, 5) is 13.7. The number of aromatic nitrogens is 4. The van der Waals surface area contributed by atoms with Gasteiger partial charge in [0.2, 0.25) is 0 Å². The average molecular weight is 368 g/mol. The van der Waals surface area contributed by atoms with E-state index in [1.165, 1.54) is 19.3 Å². The number of anilines is 1. The summed E-state index contributed by atoms with van der Waals surface area (Å²) in [5, 5.41) is 3.10. The number of nitrogens with zero attached hydrogens (tertiary/aromatic N) is 4. The molecule has 2 heterocycles. The predicted molar refractivity (Wildman–Crippen MR) is 98.9 cm³/mol. The molecule has 0 spiro atoms. The number of hydrogen-bond donors (Lipinski definition) is 1. The number of aryl methyl sites for hydroxylation is 1. The maximum atomic E-state index is 6.06.